The quantitative estimate of drug-likeness (QED) is 0.878. The number of hydrogen-bond donors (Lipinski definition) is 2. The van der Waals surface area contributed by atoms with Gasteiger partial charge in [0.2, 0.25) is 0 Å². The summed E-state index contributed by atoms with van der Waals surface area (Å²) >= 11 is 0. The highest BCUT2D eigenvalue weighted by Gasteiger charge is 2.07. The van der Waals surface area contributed by atoms with Gasteiger partial charge in [0.25, 0.3) is 5.91 Å². The summed E-state index contributed by atoms with van der Waals surface area (Å²) in [6.07, 6.45) is 0. The molecule has 19 heavy (non-hydrogen) atoms. The van der Waals surface area contributed by atoms with E-state index >= 15 is 0 Å². The number of carbonyl (C=O) groups is 1. The number of anilines is 2. The van der Waals surface area contributed by atoms with Crippen molar-refractivity contribution >= 4 is 17.3 Å². The molecule has 2 aromatic rings. The summed E-state index contributed by atoms with van der Waals surface area (Å²) in [4.78, 5) is 12.1. The first kappa shape index (κ1) is 13.1. The third-order valence-electron chi connectivity index (χ3n) is 3.07. The van der Waals surface area contributed by atoms with Crippen LogP contribution in [0.5, 0.6) is 0 Å². The maximum atomic E-state index is 12.1. The molecule has 0 aromatic heterocycles. The highest BCUT2D eigenvalue weighted by atomic mass is 16.1. The van der Waals surface area contributed by atoms with E-state index in [4.69, 9.17) is 0 Å². The Hall–Kier alpha value is -2.29. The molecule has 2 N–H and O–H groups in total. The van der Waals surface area contributed by atoms with Crippen LogP contribution in [0, 0.1) is 13.8 Å². The molecule has 0 heterocycles. The summed E-state index contributed by atoms with van der Waals surface area (Å²) in [7, 11) is 1.85. The number of amides is 1. The van der Waals surface area contributed by atoms with Crippen LogP contribution in [0.1, 0.15) is 21.5 Å². The van der Waals surface area contributed by atoms with Crippen molar-refractivity contribution in [2.45, 2.75) is 13.8 Å². The lowest BCUT2D eigenvalue weighted by atomic mass is 10.1. The second-order valence-corrected chi connectivity index (χ2v) is 4.60. The van der Waals surface area contributed by atoms with Crippen molar-refractivity contribution in [1.82, 2.24) is 0 Å². The van der Waals surface area contributed by atoms with Gasteiger partial charge in [0.1, 0.15) is 0 Å². The first-order valence-electron chi connectivity index (χ1n) is 6.26. The zero-order valence-corrected chi connectivity index (χ0v) is 11.4. The van der Waals surface area contributed by atoms with Gasteiger partial charge in [-0.1, -0.05) is 17.7 Å². The average Bonchev–Trinajstić information content (AvgIpc) is 2.42. The molecule has 0 aliphatic heterocycles. The summed E-state index contributed by atoms with van der Waals surface area (Å²) in [5.41, 5.74) is 4.75. The Bertz CT molecular complexity index is 588. The summed E-state index contributed by atoms with van der Waals surface area (Å²) in [5, 5.41) is 5.96. The molecule has 0 saturated heterocycles. The van der Waals surface area contributed by atoms with Gasteiger partial charge in [-0.25, -0.2) is 0 Å². The Morgan fingerprint density at radius 2 is 1.68 bits per heavy atom. The third kappa shape index (κ3) is 3.13. The van der Waals surface area contributed by atoms with Crippen LogP contribution in [0.3, 0.4) is 0 Å². The standard InChI is InChI=1S/C16H18N2O/c1-11-4-9-15(12(2)10-11)18-16(19)13-5-7-14(17-3)8-6-13/h4-10,17H,1-3H3,(H,18,19). The Labute approximate surface area is 113 Å². The van der Waals surface area contributed by atoms with Crippen molar-refractivity contribution in [3.8, 4) is 0 Å². The van der Waals surface area contributed by atoms with Crippen LogP contribution in [0.4, 0.5) is 11.4 Å². The normalized spacial score (nSPS) is 10.1. The molecular weight excluding hydrogens is 236 g/mol. The van der Waals surface area contributed by atoms with E-state index < -0.39 is 0 Å². The van der Waals surface area contributed by atoms with Crippen molar-refractivity contribution in [1.29, 1.82) is 0 Å². The topological polar surface area (TPSA) is 41.1 Å². The van der Waals surface area contributed by atoms with E-state index in [1.807, 2.05) is 57.3 Å². The monoisotopic (exact) mass is 254 g/mol. The second kappa shape index (κ2) is 5.57. The number of rotatable bonds is 3. The van der Waals surface area contributed by atoms with Gasteiger partial charge in [-0.3, -0.25) is 4.79 Å². The number of hydrogen-bond acceptors (Lipinski definition) is 2. The minimum Gasteiger partial charge on any atom is -0.388 e. The Morgan fingerprint density at radius 1 is 1.00 bits per heavy atom. The van der Waals surface area contributed by atoms with Crippen LogP contribution in [-0.2, 0) is 0 Å². The minimum atomic E-state index is -0.0883. The van der Waals surface area contributed by atoms with Crippen LogP contribution < -0.4 is 10.6 Å². The summed E-state index contributed by atoms with van der Waals surface area (Å²) in [6.45, 7) is 4.03. The van der Waals surface area contributed by atoms with E-state index in [9.17, 15) is 4.79 Å². The number of benzene rings is 2. The van der Waals surface area contributed by atoms with Gasteiger partial charge in [0, 0.05) is 24.0 Å². The molecule has 0 saturated carbocycles. The average molecular weight is 254 g/mol. The molecule has 0 aliphatic rings. The molecule has 0 spiro atoms. The van der Waals surface area contributed by atoms with Gasteiger partial charge in [0.15, 0.2) is 0 Å². The van der Waals surface area contributed by atoms with Crippen LogP contribution in [-0.4, -0.2) is 13.0 Å². The highest BCUT2D eigenvalue weighted by Crippen LogP contribution is 2.17. The highest BCUT2D eigenvalue weighted by molar-refractivity contribution is 6.04. The Kier molecular flexibility index (Phi) is 3.85. The van der Waals surface area contributed by atoms with Gasteiger partial charge in [-0.15, -0.1) is 0 Å². The Balaban J connectivity index is 2.15. The summed E-state index contributed by atoms with van der Waals surface area (Å²) < 4.78 is 0. The SMILES string of the molecule is CNc1ccc(C(=O)Nc2ccc(C)cc2C)cc1. The zero-order chi connectivity index (χ0) is 13.8. The van der Waals surface area contributed by atoms with E-state index in [2.05, 4.69) is 16.7 Å². The molecule has 1 amide bonds. The van der Waals surface area contributed by atoms with E-state index in [0.717, 1.165) is 16.9 Å². The van der Waals surface area contributed by atoms with Crippen molar-refractivity contribution < 1.29 is 4.79 Å². The summed E-state index contributed by atoms with van der Waals surface area (Å²) in [6, 6.07) is 13.4. The van der Waals surface area contributed by atoms with Crippen molar-refractivity contribution in [2.24, 2.45) is 0 Å². The van der Waals surface area contributed by atoms with Crippen molar-refractivity contribution in [3.63, 3.8) is 0 Å². The molecule has 3 nitrogen and oxygen atoms in total. The van der Waals surface area contributed by atoms with Gasteiger partial charge in [0.05, 0.1) is 0 Å². The van der Waals surface area contributed by atoms with Gasteiger partial charge < -0.3 is 10.6 Å². The second-order valence-electron chi connectivity index (χ2n) is 4.60. The molecule has 0 atom stereocenters. The number of nitrogens with one attached hydrogen (secondary N) is 2. The van der Waals surface area contributed by atoms with Crippen LogP contribution in [0.2, 0.25) is 0 Å². The van der Waals surface area contributed by atoms with Crippen molar-refractivity contribution in [2.75, 3.05) is 17.7 Å². The van der Waals surface area contributed by atoms with E-state index in [1.165, 1.54) is 5.56 Å². The maximum absolute atomic E-state index is 12.1. The van der Waals surface area contributed by atoms with E-state index in [-0.39, 0.29) is 5.91 Å². The van der Waals surface area contributed by atoms with Gasteiger partial charge in [-0.2, -0.15) is 0 Å². The number of aryl methyl sites for hydroxylation is 2. The molecule has 0 unspecified atom stereocenters. The van der Waals surface area contributed by atoms with Gasteiger partial charge in [-0.05, 0) is 49.7 Å². The predicted octanol–water partition coefficient (Wildman–Crippen LogP) is 3.60. The lowest BCUT2D eigenvalue weighted by molar-refractivity contribution is 0.102. The third-order valence-corrected chi connectivity index (χ3v) is 3.07. The molecule has 2 rings (SSSR count). The lowest BCUT2D eigenvalue weighted by Crippen LogP contribution is -2.12. The molecule has 0 aliphatic carbocycles. The molecular formula is C16H18N2O. The van der Waals surface area contributed by atoms with Crippen LogP contribution >= 0.6 is 0 Å². The zero-order valence-electron chi connectivity index (χ0n) is 11.4. The maximum Gasteiger partial charge on any atom is 0.255 e. The molecule has 0 radical (unpaired) electrons. The van der Waals surface area contributed by atoms with E-state index in [1.54, 1.807) is 0 Å². The largest absolute Gasteiger partial charge is 0.388 e. The first-order chi connectivity index (χ1) is 9.10. The number of carbonyl (C=O) groups excluding carboxylic acids is 1. The molecule has 3 heteroatoms. The fourth-order valence-electron chi connectivity index (χ4n) is 1.94. The molecule has 0 fully saturated rings. The van der Waals surface area contributed by atoms with Crippen LogP contribution in [0.25, 0.3) is 0 Å². The fourth-order valence-corrected chi connectivity index (χ4v) is 1.94. The van der Waals surface area contributed by atoms with Crippen molar-refractivity contribution in [3.05, 3.63) is 59.2 Å². The Morgan fingerprint density at radius 3 is 2.26 bits per heavy atom. The van der Waals surface area contributed by atoms with E-state index in [0.29, 0.717) is 5.56 Å². The van der Waals surface area contributed by atoms with Gasteiger partial charge >= 0.3 is 0 Å². The minimum absolute atomic E-state index is 0.0883. The molecule has 2 aromatic carbocycles. The lowest BCUT2D eigenvalue weighted by Gasteiger charge is -2.09. The molecule has 0 bridgehead atoms. The summed E-state index contributed by atoms with van der Waals surface area (Å²) in [5.74, 6) is -0.0883. The molecule has 98 valence electrons. The van der Waals surface area contributed by atoms with Crippen LogP contribution in [0.15, 0.2) is 42.5 Å². The first-order valence-corrected chi connectivity index (χ1v) is 6.26. The fraction of sp³-hybridized carbons (Fsp3) is 0.188. The smallest absolute Gasteiger partial charge is 0.255 e. The predicted molar refractivity (Wildman–Crippen MR) is 79.9 cm³/mol.